The third-order valence-corrected chi connectivity index (χ3v) is 11.8. The highest BCUT2D eigenvalue weighted by atomic mass is 32.1. The molecular weight excluding hydrogens is 701 g/mol. The number of benzene rings is 8. The molecule has 0 aliphatic heterocycles. The fourth-order valence-corrected chi connectivity index (χ4v) is 9.19. The SMILES string of the molecule is c1ccc(-c2nc(-c3ccccc3)nc(-c3cccc(-c4ccccc4)c3-n3c4ccccc4c4cc(-c5ccc6c(c5)sc5ccccc56)ccc43)n2)cc1. The van der Waals surface area contributed by atoms with E-state index < -0.39 is 0 Å². The third-order valence-electron chi connectivity index (χ3n) is 10.7. The van der Waals surface area contributed by atoms with Gasteiger partial charge < -0.3 is 4.57 Å². The molecule has 0 saturated heterocycles. The van der Waals surface area contributed by atoms with E-state index in [-0.39, 0.29) is 0 Å². The minimum absolute atomic E-state index is 0.615. The van der Waals surface area contributed by atoms with Crippen LogP contribution in [0.15, 0.2) is 194 Å². The van der Waals surface area contributed by atoms with Crippen molar-refractivity contribution in [3.05, 3.63) is 194 Å². The van der Waals surface area contributed by atoms with Crippen molar-refractivity contribution in [1.82, 2.24) is 19.5 Å². The number of fused-ring (bicyclic) bond motifs is 6. The van der Waals surface area contributed by atoms with Crippen LogP contribution in [0, 0.1) is 0 Å². The van der Waals surface area contributed by atoms with Crippen LogP contribution in [0.4, 0.5) is 0 Å². The molecule has 0 radical (unpaired) electrons. The van der Waals surface area contributed by atoms with Crippen molar-refractivity contribution >= 4 is 53.3 Å². The molecule has 11 rings (SSSR count). The Kier molecular flexibility index (Phi) is 7.64. The Bertz CT molecular complexity index is 3180. The second kappa shape index (κ2) is 13.3. The zero-order chi connectivity index (χ0) is 37.0. The molecule has 0 aliphatic carbocycles. The van der Waals surface area contributed by atoms with Crippen LogP contribution < -0.4 is 0 Å². The smallest absolute Gasteiger partial charge is 0.166 e. The molecule has 0 atom stereocenters. The van der Waals surface area contributed by atoms with E-state index >= 15 is 0 Å². The predicted molar refractivity (Wildman–Crippen MR) is 234 cm³/mol. The van der Waals surface area contributed by atoms with Crippen LogP contribution in [0.3, 0.4) is 0 Å². The minimum Gasteiger partial charge on any atom is -0.308 e. The van der Waals surface area contributed by atoms with Crippen molar-refractivity contribution in [2.75, 3.05) is 0 Å². The molecule has 0 aliphatic rings. The predicted octanol–water partition coefficient (Wildman–Crippen LogP) is 13.7. The summed E-state index contributed by atoms with van der Waals surface area (Å²) < 4.78 is 5.03. The average molecular weight is 733 g/mol. The van der Waals surface area contributed by atoms with Crippen LogP contribution in [0.25, 0.3) is 104 Å². The van der Waals surface area contributed by atoms with Gasteiger partial charge in [0.2, 0.25) is 0 Å². The zero-order valence-electron chi connectivity index (χ0n) is 30.2. The Morgan fingerprint density at radius 2 is 0.857 bits per heavy atom. The van der Waals surface area contributed by atoms with Crippen molar-refractivity contribution in [3.8, 4) is 62.1 Å². The first-order valence-corrected chi connectivity index (χ1v) is 19.6. The highest BCUT2D eigenvalue weighted by Crippen LogP contribution is 2.43. The molecule has 3 heterocycles. The topological polar surface area (TPSA) is 43.6 Å². The maximum Gasteiger partial charge on any atom is 0.166 e. The number of hydrogen-bond acceptors (Lipinski definition) is 4. The quantitative estimate of drug-likeness (QED) is 0.171. The van der Waals surface area contributed by atoms with Crippen molar-refractivity contribution in [3.63, 3.8) is 0 Å². The van der Waals surface area contributed by atoms with Gasteiger partial charge in [0, 0.05) is 53.2 Å². The Balaban J connectivity index is 1.17. The Morgan fingerprint density at radius 3 is 1.59 bits per heavy atom. The molecule has 8 aromatic carbocycles. The van der Waals surface area contributed by atoms with Gasteiger partial charge in [-0.2, -0.15) is 0 Å². The number of para-hydroxylation sites is 2. The molecule has 0 spiro atoms. The largest absolute Gasteiger partial charge is 0.308 e. The normalized spacial score (nSPS) is 11.6. The second-order valence-corrected chi connectivity index (χ2v) is 15.1. The van der Waals surface area contributed by atoms with Gasteiger partial charge in [-0.05, 0) is 53.1 Å². The van der Waals surface area contributed by atoms with Crippen LogP contribution in [-0.2, 0) is 0 Å². The molecule has 0 N–H and O–H groups in total. The summed E-state index contributed by atoms with van der Waals surface area (Å²) >= 11 is 1.86. The summed E-state index contributed by atoms with van der Waals surface area (Å²) in [5.74, 6) is 1.88. The first kappa shape index (κ1) is 32.2. The summed E-state index contributed by atoms with van der Waals surface area (Å²) in [6, 6.07) is 68.6. The van der Waals surface area contributed by atoms with Crippen molar-refractivity contribution in [2.45, 2.75) is 0 Å². The maximum atomic E-state index is 5.22. The second-order valence-electron chi connectivity index (χ2n) is 14.0. The third kappa shape index (κ3) is 5.40. The molecule has 0 bridgehead atoms. The van der Waals surface area contributed by atoms with Crippen LogP contribution in [0.5, 0.6) is 0 Å². The lowest BCUT2D eigenvalue weighted by atomic mass is 9.98. The van der Waals surface area contributed by atoms with Gasteiger partial charge in [0.15, 0.2) is 17.5 Å². The monoisotopic (exact) mass is 732 g/mol. The molecule has 0 amide bonds. The van der Waals surface area contributed by atoms with Gasteiger partial charge in [0.1, 0.15) is 0 Å². The van der Waals surface area contributed by atoms with Crippen LogP contribution in [0.2, 0.25) is 0 Å². The van der Waals surface area contributed by atoms with Gasteiger partial charge >= 0.3 is 0 Å². The van der Waals surface area contributed by atoms with Crippen molar-refractivity contribution in [2.24, 2.45) is 0 Å². The zero-order valence-corrected chi connectivity index (χ0v) is 31.0. The molecule has 4 nitrogen and oxygen atoms in total. The van der Waals surface area contributed by atoms with E-state index in [4.69, 9.17) is 15.0 Å². The van der Waals surface area contributed by atoms with E-state index in [0.29, 0.717) is 17.5 Å². The Morgan fingerprint density at radius 1 is 0.321 bits per heavy atom. The summed E-state index contributed by atoms with van der Waals surface area (Å²) in [5, 5.41) is 5.00. The van der Waals surface area contributed by atoms with Crippen molar-refractivity contribution in [1.29, 1.82) is 0 Å². The van der Waals surface area contributed by atoms with E-state index in [1.807, 2.05) is 47.7 Å². The molecule has 5 heteroatoms. The van der Waals surface area contributed by atoms with E-state index in [1.54, 1.807) is 0 Å². The number of hydrogen-bond donors (Lipinski definition) is 0. The fraction of sp³-hybridized carbons (Fsp3) is 0. The molecule has 0 unspecified atom stereocenters. The minimum atomic E-state index is 0.615. The van der Waals surface area contributed by atoms with Gasteiger partial charge in [-0.3, -0.25) is 0 Å². The molecular formula is C51H32N4S. The lowest BCUT2D eigenvalue weighted by Gasteiger charge is -2.19. The summed E-state index contributed by atoms with van der Waals surface area (Å²) in [6.07, 6.45) is 0. The summed E-state index contributed by atoms with van der Waals surface area (Å²) in [5.41, 5.74) is 10.7. The molecule has 0 saturated carbocycles. The lowest BCUT2D eigenvalue weighted by Crippen LogP contribution is -2.05. The fourth-order valence-electron chi connectivity index (χ4n) is 8.04. The average Bonchev–Trinajstić information content (AvgIpc) is 3.82. The van der Waals surface area contributed by atoms with Gasteiger partial charge in [0.05, 0.1) is 16.7 Å². The summed E-state index contributed by atoms with van der Waals surface area (Å²) in [4.78, 5) is 15.5. The maximum absolute atomic E-state index is 5.22. The van der Waals surface area contributed by atoms with E-state index in [2.05, 4.69) is 162 Å². The standard InChI is InChI=1S/C51H32N4S/c1-4-15-33(16-5-1)38-23-14-24-42(51-53-49(34-17-6-2-7-18-34)52-50(54-51)35-19-8-3-9-20-35)48(38)55-44-25-12-10-21-39(44)43-31-36(28-30-45(43)55)37-27-29-41-40-22-11-13-26-46(40)56-47(41)32-37/h1-32H. The molecule has 56 heavy (non-hydrogen) atoms. The molecule has 0 fully saturated rings. The summed E-state index contributed by atoms with van der Waals surface area (Å²) in [6.45, 7) is 0. The number of rotatable bonds is 6. The van der Waals surface area contributed by atoms with Crippen LogP contribution in [-0.4, -0.2) is 19.5 Å². The highest BCUT2D eigenvalue weighted by molar-refractivity contribution is 7.25. The number of nitrogens with zero attached hydrogens (tertiary/aromatic N) is 4. The first-order chi connectivity index (χ1) is 27.8. The highest BCUT2D eigenvalue weighted by Gasteiger charge is 2.23. The molecule has 3 aromatic heterocycles. The van der Waals surface area contributed by atoms with Crippen LogP contribution in [0.1, 0.15) is 0 Å². The van der Waals surface area contributed by atoms with Gasteiger partial charge in [-0.1, -0.05) is 158 Å². The van der Waals surface area contributed by atoms with Gasteiger partial charge in [-0.25, -0.2) is 15.0 Å². The Hall–Kier alpha value is -7.21. The van der Waals surface area contributed by atoms with E-state index in [1.165, 1.54) is 42.1 Å². The van der Waals surface area contributed by atoms with Crippen molar-refractivity contribution < 1.29 is 0 Å². The van der Waals surface area contributed by atoms with E-state index in [0.717, 1.165) is 44.5 Å². The molecule has 262 valence electrons. The van der Waals surface area contributed by atoms with Gasteiger partial charge in [-0.15, -0.1) is 11.3 Å². The number of thiophene rings is 1. The molecule has 11 aromatic rings. The van der Waals surface area contributed by atoms with Gasteiger partial charge in [0.25, 0.3) is 0 Å². The first-order valence-electron chi connectivity index (χ1n) is 18.8. The van der Waals surface area contributed by atoms with E-state index in [9.17, 15) is 0 Å². The Labute approximate surface area is 327 Å². The lowest BCUT2D eigenvalue weighted by molar-refractivity contribution is 1.06. The number of aromatic nitrogens is 4. The summed E-state index contributed by atoms with van der Waals surface area (Å²) in [7, 11) is 0. The van der Waals surface area contributed by atoms with Crippen LogP contribution >= 0.6 is 11.3 Å².